The molecule has 2 aromatic heterocycles. The van der Waals surface area contributed by atoms with E-state index < -0.39 is 0 Å². The molecule has 1 atom stereocenters. The minimum Gasteiger partial charge on any atom is -0.497 e. The fraction of sp³-hybridized carbons (Fsp3) is 0.483. The summed E-state index contributed by atoms with van der Waals surface area (Å²) in [6.07, 6.45) is 3.71. The fourth-order valence-corrected chi connectivity index (χ4v) is 6.17. The number of carbonyl (C=O) groups excluding carboxylic acids is 1. The lowest BCUT2D eigenvalue weighted by molar-refractivity contribution is -0.118. The molecule has 1 amide bonds. The first kappa shape index (κ1) is 24.9. The van der Waals surface area contributed by atoms with Crippen molar-refractivity contribution in [2.24, 2.45) is 11.8 Å². The average molecular weight is 519 g/mol. The minimum absolute atomic E-state index is 0.0487. The number of aromatic nitrogens is 2. The topological polar surface area (TPSA) is 94.9 Å². The number of ether oxygens (including phenoxy) is 3. The van der Waals surface area contributed by atoms with Crippen LogP contribution in [0.5, 0.6) is 11.5 Å². The van der Waals surface area contributed by atoms with Crippen LogP contribution in [0.1, 0.15) is 30.1 Å². The molecule has 0 spiro atoms. The number of amides is 1. The molecule has 9 nitrogen and oxygen atoms in total. The van der Waals surface area contributed by atoms with Gasteiger partial charge in [0.1, 0.15) is 22.7 Å². The molecule has 9 heteroatoms. The zero-order valence-corrected chi connectivity index (χ0v) is 22.2. The zero-order chi connectivity index (χ0) is 26.4. The average Bonchev–Trinajstić information content (AvgIpc) is 2.94. The van der Waals surface area contributed by atoms with Gasteiger partial charge in [-0.3, -0.25) is 19.1 Å². The Morgan fingerprint density at radius 3 is 2.45 bits per heavy atom. The van der Waals surface area contributed by atoms with Crippen molar-refractivity contribution in [2.75, 3.05) is 47.1 Å². The van der Waals surface area contributed by atoms with E-state index in [9.17, 15) is 9.59 Å². The Morgan fingerprint density at radius 1 is 1.11 bits per heavy atom. The van der Waals surface area contributed by atoms with Gasteiger partial charge in [0.2, 0.25) is 0 Å². The molecule has 4 fully saturated rings. The van der Waals surface area contributed by atoms with E-state index in [0.29, 0.717) is 49.2 Å². The van der Waals surface area contributed by atoms with E-state index in [4.69, 9.17) is 19.2 Å². The van der Waals surface area contributed by atoms with Gasteiger partial charge in [-0.1, -0.05) is 19.1 Å². The molecular weight excluding hydrogens is 484 g/mol. The molecule has 38 heavy (non-hydrogen) atoms. The van der Waals surface area contributed by atoms with Gasteiger partial charge in [-0.2, -0.15) is 0 Å². The Labute approximate surface area is 221 Å². The van der Waals surface area contributed by atoms with Crippen LogP contribution in [0.3, 0.4) is 0 Å². The van der Waals surface area contributed by atoms with Gasteiger partial charge in [0.05, 0.1) is 32.8 Å². The van der Waals surface area contributed by atoms with Crippen LogP contribution in [0.25, 0.3) is 22.2 Å². The second-order valence-corrected chi connectivity index (χ2v) is 10.7. The highest BCUT2D eigenvalue weighted by atomic mass is 16.5. The number of fused-ring (bicyclic) bond motifs is 1. The quantitative estimate of drug-likeness (QED) is 0.490. The molecule has 0 radical (unpaired) electrons. The number of rotatable bonds is 8. The molecule has 1 aliphatic heterocycles. The highest BCUT2D eigenvalue weighted by molar-refractivity contribution is 6.03. The van der Waals surface area contributed by atoms with Crippen molar-refractivity contribution < 1.29 is 19.0 Å². The molecule has 1 aromatic carbocycles. The number of pyridine rings is 2. The third kappa shape index (κ3) is 4.05. The van der Waals surface area contributed by atoms with Crippen molar-refractivity contribution in [1.29, 1.82) is 0 Å². The van der Waals surface area contributed by atoms with E-state index in [1.54, 1.807) is 17.9 Å². The molecule has 3 heterocycles. The molecule has 3 aromatic rings. The maximum Gasteiger partial charge on any atom is 0.268 e. The van der Waals surface area contributed by atoms with Crippen LogP contribution in [-0.2, 0) is 11.3 Å². The number of methoxy groups -OCH3 is 2. The summed E-state index contributed by atoms with van der Waals surface area (Å²) in [5.74, 6) is 1.78. The third-order valence-corrected chi connectivity index (χ3v) is 8.85. The lowest BCUT2D eigenvalue weighted by Gasteiger charge is -2.67. The van der Waals surface area contributed by atoms with E-state index in [-0.39, 0.29) is 28.3 Å². The molecule has 1 N–H and O–H groups in total. The monoisotopic (exact) mass is 518 g/mol. The highest BCUT2D eigenvalue weighted by Crippen LogP contribution is 2.61. The summed E-state index contributed by atoms with van der Waals surface area (Å²) in [7, 11) is 3.14. The van der Waals surface area contributed by atoms with Gasteiger partial charge in [0.15, 0.2) is 0 Å². The fourth-order valence-electron chi connectivity index (χ4n) is 6.17. The second kappa shape index (κ2) is 9.71. The maximum absolute atomic E-state index is 13.9. The van der Waals surface area contributed by atoms with Gasteiger partial charge in [-0.05, 0) is 48.4 Å². The van der Waals surface area contributed by atoms with Crippen LogP contribution in [0, 0.1) is 11.8 Å². The number of morpholine rings is 1. The number of nitrogens with one attached hydrogen (secondary N) is 1. The smallest absolute Gasteiger partial charge is 0.268 e. The highest BCUT2D eigenvalue weighted by Gasteiger charge is 2.63. The van der Waals surface area contributed by atoms with Crippen LogP contribution >= 0.6 is 0 Å². The molecular formula is C29H34N4O5. The number of carbonyl (C=O) groups is 1. The Bertz CT molecular complexity index is 1420. The Balaban J connectivity index is 1.44. The van der Waals surface area contributed by atoms with E-state index in [1.807, 2.05) is 30.3 Å². The van der Waals surface area contributed by atoms with Crippen molar-refractivity contribution >= 4 is 16.9 Å². The second-order valence-electron chi connectivity index (χ2n) is 10.7. The van der Waals surface area contributed by atoms with Gasteiger partial charge >= 0.3 is 0 Å². The van der Waals surface area contributed by atoms with E-state index >= 15 is 0 Å². The standard InChI is InChI=1S/C29H34N4O5/c1-18-21-15-29(18,16-21)31-27(34)24-25(37-3)23-14-20(19-4-6-22(36-2)7-5-19)17-30-26(23)33(28(24)35)9-8-32-10-12-38-13-11-32/h4-7,14,17-18,21H,8-13,15-16H2,1-3H3,(H,31,34)/t18-,21?,29?/m0/s1. The maximum atomic E-state index is 13.9. The molecule has 4 aliphatic rings. The number of hydrogen-bond acceptors (Lipinski definition) is 7. The van der Waals surface area contributed by atoms with E-state index in [0.717, 1.165) is 42.8 Å². The van der Waals surface area contributed by atoms with E-state index in [1.165, 1.54) is 7.11 Å². The lowest BCUT2D eigenvalue weighted by atomic mass is 9.43. The van der Waals surface area contributed by atoms with E-state index in [2.05, 4.69) is 17.1 Å². The molecule has 0 unspecified atom stereocenters. The Kier molecular flexibility index (Phi) is 6.36. The Hall–Kier alpha value is -3.43. The molecule has 1 saturated heterocycles. The van der Waals surface area contributed by atoms with Crippen LogP contribution in [0.15, 0.2) is 41.3 Å². The van der Waals surface area contributed by atoms with Gasteiger partial charge < -0.3 is 19.5 Å². The van der Waals surface area contributed by atoms with Gasteiger partial charge in [0.25, 0.3) is 11.5 Å². The first-order valence-corrected chi connectivity index (χ1v) is 13.3. The van der Waals surface area contributed by atoms with Crippen LogP contribution in [0.2, 0.25) is 0 Å². The molecule has 3 aliphatic carbocycles. The molecule has 7 rings (SSSR count). The van der Waals surface area contributed by atoms with Crippen molar-refractivity contribution in [1.82, 2.24) is 19.8 Å². The summed E-state index contributed by atoms with van der Waals surface area (Å²) in [4.78, 5) is 34.6. The summed E-state index contributed by atoms with van der Waals surface area (Å²) < 4.78 is 18.2. The molecule has 3 saturated carbocycles. The van der Waals surface area contributed by atoms with Crippen molar-refractivity contribution in [3.63, 3.8) is 0 Å². The van der Waals surface area contributed by atoms with Crippen molar-refractivity contribution in [3.8, 4) is 22.6 Å². The predicted octanol–water partition coefficient (Wildman–Crippen LogP) is 2.94. The number of nitrogens with zero attached hydrogens (tertiary/aromatic N) is 3. The van der Waals surface area contributed by atoms with Gasteiger partial charge in [0, 0.05) is 43.5 Å². The van der Waals surface area contributed by atoms with Crippen LogP contribution < -0.4 is 20.3 Å². The van der Waals surface area contributed by atoms with Crippen molar-refractivity contribution in [3.05, 3.63) is 52.4 Å². The van der Waals surface area contributed by atoms with Gasteiger partial charge in [-0.15, -0.1) is 0 Å². The van der Waals surface area contributed by atoms with Gasteiger partial charge in [-0.25, -0.2) is 4.98 Å². The third-order valence-electron chi connectivity index (χ3n) is 8.85. The minimum atomic E-state index is -0.371. The summed E-state index contributed by atoms with van der Waals surface area (Å²) in [6.45, 7) is 6.22. The number of benzene rings is 1. The van der Waals surface area contributed by atoms with Crippen LogP contribution in [0.4, 0.5) is 0 Å². The Morgan fingerprint density at radius 2 is 1.84 bits per heavy atom. The summed E-state index contributed by atoms with van der Waals surface area (Å²) in [6, 6.07) is 9.66. The molecule has 2 bridgehead atoms. The lowest BCUT2D eigenvalue weighted by Crippen LogP contribution is -2.74. The summed E-state index contributed by atoms with van der Waals surface area (Å²) in [5.41, 5.74) is 1.79. The zero-order valence-electron chi connectivity index (χ0n) is 22.2. The normalized spacial score (nSPS) is 24.4. The summed E-state index contributed by atoms with van der Waals surface area (Å²) >= 11 is 0. The number of hydrogen-bond donors (Lipinski definition) is 1. The largest absolute Gasteiger partial charge is 0.497 e. The first-order valence-electron chi connectivity index (χ1n) is 13.3. The van der Waals surface area contributed by atoms with Crippen molar-refractivity contribution in [2.45, 2.75) is 31.8 Å². The predicted molar refractivity (Wildman–Crippen MR) is 144 cm³/mol. The first-order chi connectivity index (χ1) is 18.4. The summed E-state index contributed by atoms with van der Waals surface area (Å²) in [5, 5.41) is 3.84. The van der Waals surface area contributed by atoms with Crippen LogP contribution in [-0.4, -0.2) is 73.0 Å². The SMILES string of the molecule is COc1ccc(-c2cnc3c(c2)c(OC)c(C(=O)NC24CC(C2)[C@@H]4C)c(=O)n3CCN2CCOCC2)cc1. The molecule has 200 valence electrons.